The lowest BCUT2D eigenvalue weighted by Gasteiger charge is -2.11. The zero-order chi connectivity index (χ0) is 18.4. The molecule has 2 aromatic rings. The van der Waals surface area contributed by atoms with E-state index >= 15 is 0 Å². The molecule has 144 valence electrons. The second-order valence-electron chi connectivity index (χ2n) is 5.14. The van der Waals surface area contributed by atoms with Gasteiger partial charge in [-0.2, -0.15) is 13.8 Å². The number of hydrogen-bond donors (Lipinski definition) is 1. The first-order valence-electron chi connectivity index (χ1n) is 7.25. The van der Waals surface area contributed by atoms with E-state index in [0.717, 1.165) is 0 Å². The minimum absolute atomic E-state index is 0. The summed E-state index contributed by atoms with van der Waals surface area (Å²) in [5.41, 5.74) is 0.502. The van der Waals surface area contributed by atoms with Gasteiger partial charge in [0.1, 0.15) is 0 Å². The number of nitrogens with zero attached hydrogens (tertiary/aromatic N) is 3. The Kier molecular flexibility index (Phi) is 8.20. The molecule has 0 aliphatic carbocycles. The summed E-state index contributed by atoms with van der Waals surface area (Å²) in [5, 5.41) is 12.5. The maximum absolute atomic E-state index is 12.3. The second-order valence-corrected chi connectivity index (χ2v) is 5.14. The number of alkyl halides is 2. The SMILES string of the molecule is COc1cc(-c2noc(CN(C)CCC(=O)O)n2)ccc1OC(F)F.Cl. The van der Waals surface area contributed by atoms with E-state index in [9.17, 15) is 13.6 Å². The number of methoxy groups -OCH3 is 1. The number of rotatable bonds is 9. The summed E-state index contributed by atoms with van der Waals surface area (Å²) in [6.45, 7) is -2.34. The zero-order valence-electron chi connectivity index (χ0n) is 14.0. The van der Waals surface area contributed by atoms with Gasteiger partial charge in [0, 0.05) is 12.1 Å². The summed E-state index contributed by atoms with van der Waals surface area (Å²) in [4.78, 5) is 16.5. The van der Waals surface area contributed by atoms with E-state index in [-0.39, 0.29) is 42.7 Å². The quantitative estimate of drug-likeness (QED) is 0.694. The number of carboxylic acids is 1. The summed E-state index contributed by atoms with van der Waals surface area (Å²) < 4.78 is 39.2. The van der Waals surface area contributed by atoms with Crippen molar-refractivity contribution in [3.05, 3.63) is 24.1 Å². The third-order valence-corrected chi connectivity index (χ3v) is 3.22. The van der Waals surface area contributed by atoms with E-state index in [2.05, 4.69) is 14.9 Å². The van der Waals surface area contributed by atoms with Crippen LogP contribution >= 0.6 is 12.4 Å². The van der Waals surface area contributed by atoms with Crippen LogP contribution in [0.5, 0.6) is 11.5 Å². The van der Waals surface area contributed by atoms with Crippen LogP contribution in [0.3, 0.4) is 0 Å². The largest absolute Gasteiger partial charge is 0.493 e. The van der Waals surface area contributed by atoms with Crippen molar-refractivity contribution in [1.29, 1.82) is 0 Å². The first-order chi connectivity index (χ1) is 11.9. The molecule has 0 fully saturated rings. The van der Waals surface area contributed by atoms with Gasteiger partial charge in [-0.1, -0.05) is 5.16 Å². The van der Waals surface area contributed by atoms with Crippen LogP contribution in [-0.2, 0) is 11.3 Å². The average molecular weight is 394 g/mol. The lowest BCUT2D eigenvalue weighted by atomic mass is 10.2. The fraction of sp³-hybridized carbons (Fsp3) is 0.400. The minimum atomic E-state index is -2.96. The van der Waals surface area contributed by atoms with Crippen LogP contribution in [0.1, 0.15) is 12.3 Å². The van der Waals surface area contributed by atoms with Gasteiger partial charge in [0.2, 0.25) is 11.7 Å². The summed E-state index contributed by atoms with van der Waals surface area (Å²) in [6.07, 6.45) is 0.000290. The van der Waals surface area contributed by atoms with Gasteiger partial charge in [-0.25, -0.2) is 0 Å². The van der Waals surface area contributed by atoms with Gasteiger partial charge in [-0.05, 0) is 25.2 Å². The standard InChI is InChI=1S/C15H17F2N3O5.ClH/c1-20(6-5-13(21)22)8-12-18-14(19-25-12)9-3-4-10(24-15(16)17)11(7-9)23-2;/h3-4,7,15H,5-6,8H2,1-2H3,(H,21,22);1H. The molecule has 11 heteroatoms. The highest BCUT2D eigenvalue weighted by molar-refractivity contribution is 5.85. The van der Waals surface area contributed by atoms with Gasteiger partial charge in [-0.3, -0.25) is 9.69 Å². The third kappa shape index (κ3) is 6.12. The molecule has 1 heterocycles. The highest BCUT2D eigenvalue weighted by Gasteiger charge is 2.15. The van der Waals surface area contributed by atoms with Gasteiger partial charge in [0.15, 0.2) is 11.5 Å². The van der Waals surface area contributed by atoms with Crippen LogP contribution in [0, 0.1) is 0 Å². The van der Waals surface area contributed by atoms with Crippen LogP contribution in [0.4, 0.5) is 8.78 Å². The first kappa shape index (κ1) is 21.6. The molecule has 1 N–H and O–H groups in total. The Labute approximate surface area is 154 Å². The number of aromatic nitrogens is 2. The van der Waals surface area contributed by atoms with Crippen LogP contribution in [-0.4, -0.2) is 53.4 Å². The number of halogens is 3. The first-order valence-corrected chi connectivity index (χ1v) is 7.25. The van der Waals surface area contributed by atoms with Crippen LogP contribution < -0.4 is 9.47 Å². The lowest BCUT2D eigenvalue weighted by molar-refractivity contribution is -0.137. The van der Waals surface area contributed by atoms with Crippen molar-refractivity contribution in [2.75, 3.05) is 20.7 Å². The van der Waals surface area contributed by atoms with E-state index in [1.165, 1.54) is 25.3 Å². The molecule has 1 aromatic heterocycles. The number of aliphatic carboxylic acids is 1. The molecule has 8 nitrogen and oxygen atoms in total. The van der Waals surface area contributed by atoms with Gasteiger partial charge in [-0.15, -0.1) is 12.4 Å². The molecular weight excluding hydrogens is 376 g/mol. The highest BCUT2D eigenvalue weighted by Crippen LogP contribution is 2.32. The molecular formula is C15H18ClF2N3O5. The average Bonchev–Trinajstić information content (AvgIpc) is 3.01. The predicted molar refractivity (Wildman–Crippen MR) is 88.8 cm³/mol. The molecule has 0 amide bonds. The van der Waals surface area contributed by atoms with E-state index < -0.39 is 12.6 Å². The second kappa shape index (κ2) is 9.88. The molecule has 0 radical (unpaired) electrons. The monoisotopic (exact) mass is 393 g/mol. The fourth-order valence-electron chi connectivity index (χ4n) is 2.03. The van der Waals surface area contributed by atoms with E-state index in [4.69, 9.17) is 14.4 Å². The van der Waals surface area contributed by atoms with Gasteiger partial charge in [0.05, 0.1) is 20.1 Å². The van der Waals surface area contributed by atoms with Crippen molar-refractivity contribution >= 4 is 18.4 Å². The number of carbonyl (C=O) groups is 1. The van der Waals surface area contributed by atoms with Crippen molar-refractivity contribution < 1.29 is 32.7 Å². The molecule has 0 aliphatic heterocycles. The topological polar surface area (TPSA) is 97.9 Å². The van der Waals surface area contributed by atoms with Gasteiger partial charge < -0.3 is 19.1 Å². The summed E-state index contributed by atoms with van der Waals surface area (Å²) in [7, 11) is 3.06. The molecule has 0 bridgehead atoms. The highest BCUT2D eigenvalue weighted by atomic mass is 35.5. The predicted octanol–water partition coefficient (Wildman–Crippen LogP) is 2.67. The summed E-state index contributed by atoms with van der Waals surface area (Å²) in [6, 6.07) is 4.29. The van der Waals surface area contributed by atoms with E-state index in [0.29, 0.717) is 18.0 Å². The number of hydrogen-bond acceptors (Lipinski definition) is 7. The zero-order valence-corrected chi connectivity index (χ0v) is 14.8. The van der Waals surface area contributed by atoms with Crippen molar-refractivity contribution in [2.45, 2.75) is 19.6 Å². The third-order valence-electron chi connectivity index (χ3n) is 3.22. The van der Waals surface area contributed by atoms with Crippen LogP contribution in [0.25, 0.3) is 11.4 Å². The van der Waals surface area contributed by atoms with Crippen molar-refractivity contribution in [1.82, 2.24) is 15.0 Å². The smallest absolute Gasteiger partial charge is 0.387 e. The lowest BCUT2D eigenvalue weighted by Crippen LogP contribution is -2.21. The van der Waals surface area contributed by atoms with Crippen LogP contribution in [0.2, 0.25) is 0 Å². The molecule has 0 saturated heterocycles. The molecule has 0 spiro atoms. The maximum atomic E-state index is 12.3. The van der Waals surface area contributed by atoms with Crippen molar-refractivity contribution in [2.24, 2.45) is 0 Å². The van der Waals surface area contributed by atoms with Gasteiger partial charge in [0.25, 0.3) is 0 Å². The molecule has 2 rings (SSSR count). The van der Waals surface area contributed by atoms with Crippen molar-refractivity contribution in [3.8, 4) is 22.9 Å². The molecule has 0 saturated carbocycles. The molecule has 0 aliphatic rings. The molecule has 0 unspecified atom stereocenters. The normalized spacial score (nSPS) is 10.7. The van der Waals surface area contributed by atoms with Crippen molar-refractivity contribution in [3.63, 3.8) is 0 Å². The Morgan fingerprint density at radius 1 is 1.38 bits per heavy atom. The summed E-state index contributed by atoms with van der Waals surface area (Å²) >= 11 is 0. The fourth-order valence-corrected chi connectivity index (χ4v) is 2.03. The van der Waals surface area contributed by atoms with E-state index in [1.807, 2.05) is 0 Å². The summed E-state index contributed by atoms with van der Waals surface area (Å²) in [5.74, 6) is -0.323. The molecule has 1 aromatic carbocycles. The molecule has 26 heavy (non-hydrogen) atoms. The Balaban J connectivity index is 0.00000338. The number of ether oxygens (including phenoxy) is 2. The Morgan fingerprint density at radius 2 is 2.12 bits per heavy atom. The number of carboxylic acid groups (broad SMARTS) is 1. The van der Waals surface area contributed by atoms with Crippen LogP contribution in [0.15, 0.2) is 22.7 Å². The molecule has 0 atom stereocenters. The number of benzene rings is 1. The minimum Gasteiger partial charge on any atom is -0.493 e. The Hall–Kier alpha value is -2.46. The Bertz CT molecular complexity index is 729. The van der Waals surface area contributed by atoms with E-state index in [1.54, 1.807) is 11.9 Å². The maximum Gasteiger partial charge on any atom is 0.387 e. The van der Waals surface area contributed by atoms with Gasteiger partial charge >= 0.3 is 12.6 Å². The Morgan fingerprint density at radius 3 is 2.73 bits per heavy atom.